The van der Waals surface area contributed by atoms with Crippen LogP contribution in [0.2, 0.25) is 0 Å². The first-order valence-corrected chi connectivity index (χ1v) is 6.46. The van der Waals surface area contributed by atoms with Gasteiger partial charge < -0.3 is 9.47 Å². The molecule has 0 bridgehead atoms. The van der Waals surface area contributed by atoms with Crippen LogP contribution in [0.4, 0.5) is 0 Å². The lowest BCUT2D eigenvalue weighted by molar-refractivity contribution is -0.143. The van der Waals surface area contributed by atoms with E-state index in [1.807, 2.05) is 32.0 Å². The van der Waals surface area contributed by atoms with Gasteiger partial charge >= 0.3 is 5.97 Å². The number of hydrogen-bond acceptors (Lipinski definition) is 4. The monoisotopic (exact) mass is 315 g/mol. The van der Waals surface area contributed by atoms with E-state index >= 15 is 0 Å². The molecule has 1 N–H and O–H groups in total. The van der Waals surface area contributed by atoms with Crippen molar-refractivity contribution < 1.29 is 14.3 Å². The minimum absolute atomic E-state index is 0.176. The van der Waals surface area contributed by atoms with Gasteiger partial charge in [-0.05, 0) is 47.5 Å². The summed E-state index contributed by atoms with van der Waals surface area (Å²) in [5, 5.41) is 3.18. The van der Waals surface area contributed by atoms with Crippen molar-refractivity contribution in [3.05, 3.63) is 28.2 Å². The molecular weight excluding hydrogens is 298 g/mol. The summed E-state index contributed by atoms with van der Waals surface area (Å²) in [7, 11) is 2.99. The molecule has 0 aliphatic rings. The van der Waals surface area contributed by atoms with E-state index in [0.29, 0.717) is 0 Å². The Bertz CT molecular complexity index is 421. The molecule has 5 heteroatoms. The molecular formula is C13H18BrNO3. The van der Waals surface area contributed by atoms with E-state index in [-0.39, 0.29) is 12.0 Å². The van der Waals surface area contributed by atoms with Crippen LogP contribution in [0, 0.1) is 0 Å². The van der Waals surface area contributed by atoms with E-state index in [2.05, 4.69) is 21.2 Å². The molecule has 0 amide bonds. The molecule has 0 aliphatic carbocycles. The van der Waals surface area contributed by atoms with Crippen LogP contribution < -0.4 is 10.1 Å². The fraction of sp³-hybridized carbons (Fsp3) is 0.462. The van der Waals surface area contributed by atoms with E-state index in [0.717, 1.165) is 15.8 Å². The van der Waals surface area contributed by atoms with Crippen LogP contribution in [0.25, 0.3) is 0 Å². The quantitative estimate of drug-likeness (QED) is 0.849. The van der Waals surface area contributed by atoms with Gasteiger partial charge in [-0.3, -0.25) is 5.32 Å². The van der Waals surface area contributed by atoms with Gasteiger partial charge in [-0.25, -0.2) is 4.79 Å². The number of carbonyl (C=O) groups excluding carboxylic acids is 1. The van der Waals surface area contributed by atoms with E-state index in [1.54, 1.807) is 7.11 Å². The Labute approximate surface area is 116 Å². The average Bonchev–Trinajstić information content (AvgIpc) is 2.34. The number of carbonyl (C=O) groups is 1. The number of hydrogen-bond donors (Lipinski definition) is 1. The van der Waals surface area contributed by atoms with Gasteiger partial charge in [0.1, 0.15) is 11.8 Å². The summed E-state index contributed by atoms with van der Waals surface area (Å²) in [5.74, 6) is 0.424. The third kappa shape index (κ3) is 3.71. The molecule has 100 valence electrons. The van der Waals surface area contributed by atoms with Crippen molar-refractivity contribution in [1.82, 2.24) is 5.32 Å². The maximum Gasteiger partial charge on any atom is 0.327 e. The van der Waals surface area contributed by atoms with Crippen molar-refractivity contribution in [3.63, 3.8) is 0 Å². The summed E-state index contributed by atoms with van der Waals surface area (Å²) < 4.78 is 10.8. The lowest BCUT2D eigenvalue weighted by Gasteiger charge is -2.20. The SMILES string of the molecule is COC(=O)C(NC(C)C)c1ccc(OC)c(Br)c1. The van der Waals surface area contributed by atoms with Crippen molar-refractivity contribution in [3.8, 4) is 5.75 Å². The van der Waals surface area contributed by atoms with E-state index < -0.39 is 6.04 Å². The number of ether oxygens (including phenoxy) is 2. The molecule has 0 saturated heterocycles. The highest BCUT2D eigenvalue weighted by molar-refractivity contribution is 9.10. The van der Waals surface area contributed by atoms with Crippen molar-refractivity contribution >= 4 is 21.9 Å². The van der Waals surface area contributed by atoms with Crippen LogP contribution in [-0.2, 0) is 9.53 Å². The van der Waals surface area contributed by atoms with Crippen molar-refractivity contribution in [2.24, 2.45) is 0 Å². The minimum atomic E-state index is -0.475. The van der Waals surface area contributed by atoms with Crippen LogP contribution in [0.3, 0.4) is 0 Å². The molecule has 0 fully saturated rings. The second-order valence-corrected chi connectivity index (χ2v) is 5.03. The number of halogens is 1. The molecule has 18 heavy (non-hydrogen) atoms. The van der Waals surface area contributed by atoms with Crippen LogP contribution >= 0.6 is 15.9 Å². The van der Waals surface area contributed by atoms with Crippen molar-refractivity contribution in [2.75, 3.05) is 14.2 Å². The summed E-state index contributed by atoms with van der Waals surface area (Å²) in [6, 6.07) is 5.22. The number of benzene rings is 1. The second kappa shape index (κ2) is 6.75. The second-order valence-electron chi connectivity index (χ2n) is 4.17. The van der Waals surface area contributed by atoms with E-state index in [1.165, 1.54) is 7.11 Å². The highest BCUT2D eigenvalue weighted by atomic mass is 79.9. The summed E-state index contributed by atoms with van der Waals surface area (Å²) in [6.07, 6.45) is 0. The largest absolute Gasteiger partial charge is 0.496 e. The minimum Gasteiger partial charge on any atom is -0.496 e. The zero-order chi connectivity index (χ0) is 13.7. The Morgan fingerprint density at radius 3 is 2.44 bits per heavy atom. The fourth-order valence-electron chi connectivity index (χ4n) is 1.61. The number of rotatable bonds is 5. The molecule has 0 aromatic heterocycles. The van der Waals surface area contributed by atoms with Gasteiger partial charge in [0.15, 0.2) is 0 Å². The van der Waals surface area contributed by atoms with Crippen molar-refractivity contribution in [1.29, 1.82) is 0 Å². The zero-order valence-corrected chi connectivity index (χ0v) is 12.6. The first-order valence-electron chi connectivity index (χ1n) is 5.67. The van der Waals surface area contributed by atoms with Gasteiger partial charge in [-0.15, -0.1) is 0 Å². The molecule has 1 rings (SSSR count). The maximum atomic E-state index is 11.8. The zero-order valence-electron chi connectivity index (χ0n) is 11.0. The van der Waals surface area contributed by atoms with Gasteiger partial charge in [0.25, 0.3) is 0 Å². The van der Waals surface area contributed by atoms with E-state index in [9.17, 15) is 4.79 Å². The summed E-state index contributed by atoms with van der Waals surface area (Å²) in [6.45, 7) is 3.96. The smallest absolute Gasteiger partial charge is 0.327 e. The average molecular weight is 316 g/mol. The maximum absolute atomic E-state index is 11.8. The summed E-state index contributed by atoms with van der Waals surface area (Å²) in [5.41, 5.74) is 0.836. The third-order valence-electron chi connectivity index (χ3n) is 2.45. The molecule has 0 aliphatic heterocycles. The Morgan fingerprint density at radius 2 is 2.00 bits per heavy atom. The first kappa shape index (κ1) is 15.0. The van der Waals surface area contributed by atoms with Gasteiger partial charge in [-0.2, -0.15) is 0 Å². The molecule has 1 aromatic carbocycles. The normalized spacial score (nSPS) is 12.3. The van der Waals surface area contributed by atoms with Crippen LogP contribution in [0.1, 0.15) is 25.5 Å². The topological polar surface area (TPSA) is 47.6 Å². The first-order chi connectivity index (χ1) is 8.49. The van der Waals surface area contributed by atoms with Crippen LogP contribution in [-0.4, -0.2) is 26.2 Å². The Morgan fingerprint density at radius 1 is 1.33 bits per heavy atom. The number of nitrogens with one attached hydrogen (secondary N) is 1. The molecule has 1 aromatic rings. The predicted molar refractivity (Wildman–Crippen MR) is 73.7 cm³/mol. The lowest BCUT2D eigenvalue weighted by atomic mass is 10.1. The highest BCUT2D eigenvalue weighted by Crippen LogP contribution is 2.28. The molecule has 0 radical (unpaired) electrons. The van der Waals surface area contributed by atoms with E-state index in [4.69, 9.17) is 9.47 Å². The molecule has 0 heterocycles. The van der Waals surface area contributed by atoms with Crippen molar-refractivity contribution in [2.45, 2.75) is 25.9 Å². The summed E-state index contributed by atoms with van der Waals surface area (Å²) in [4.78, 5) is 11.8. The summed E-state index contributed by atoms with van der Waals surface area (Å²) >= 11 is 3.41. The standard InChI is InChI=1S/C13H18BrNO3/c1-8(2)15-12(13(16)18-4)9-5-6-11(17-3)10(14)7-9/h5-8,12,15H,1-4H3. The van der Waals surface area contributed by atoms with Gasteiger partial charge in [0, 0.05) is 6.04 Å². The van der Waals surface area contributed by atoms with Gasteiger partial charge in [0.2, 0.25) is 0 Å². The molecule has 1 atom stereocenters. The van der Waals surface area contributed by atoms with Crippen LogP contribution in [0.15, 0.2) is 22.7 Å². The molecule has 0 saturated carbocycles. The third-order valence-corrected chi connectivity index (χ3v) is 3.07. The predicted octanol–water partition coefficient (Wildman–Crippen LogP) is 2.67. The van der Waals surface area contributed by atoms with Gasteiger partial charge in [0.05, 0.1) is 18.7 Å². The van der Waals surface area contributed by atoms with Crippen LogP contribution in [0.5, 0.6) is 5.75 Å². The molecule has 4 nitrogen and oxygen atoms in total. The van der Waals surface area contributed by atoms with Gasteiger partial charge in [-0.1, -0.05) is 6.07 Å². The molecule has 0 spiro atoms. The fourth-order valence-corrected chi connectivity index (χ4v) is 2.17. The highest BCUT2D eigenvalue weighted by Gasteiger charge is 2.22. The Hall–Kier alpha value is -1.07. The molecule has 1 unspecified atom stereocenters. The lowest BCUT2D eigenvalue weighted by Crippen LogP contribution is -2.34. The number of esters is 1. The Balaban J connectivity index is 3.05. The number of methoxy groups -OCH3 is 2. The Kier molecular flexibility index (Phi) is 5.62.